The number of piperidine rings is 1. The Kier molecular flexibility index (Phi) is 3.46. The van der Waals surface area contributed by atoms with Crippen molar-refractivity contribution >= 4 is 11.9 Å². The van der Waals surface area contributed by atoms with Crippen molar-refractivity contribution in [1.29, 1.82) is 0 Å². The summed E-state index contributed by atoms with van der Waals surface area (Å²) in [5.41, 5.74) is 5.44. The number of carboxylic acids is 1. The van der Waals surface area contributed by atoms with Gasteiger partial charge in [-0.15, -0.1) is 0 Å². The highest BCUT2D eigenvalue weighted by Crippen LogP contribution is 2.17. The van der Waals surface area contributed by atoms with E-state index in [1.54, 1.807) is 6.92 Å². The van der Waals surface area contributed by atoms with Crippen molar-refractivity contribution in [3.05, 3.63) is 0 Å². The van der Waals surface area contributed by atoms with Crippen molar-refractivity contribution in [1.82, 2.24) is 4.90 Å². The third kappa shape index (κ3) is 2.23. The zero-order valence-corrected chi connectivity index (χ0v) is 8.27. The monoisotopic (exact) mass is 200 g/mol. The zero-order chi connectivity index (χ0) is 10.7. The van der Waals surface area contributed by atoms with Crippen LogP contribution in [0.3, 0.4) is 0 Å². The highest BCUT2D eigenvalue weighted by molar-refractivity contribution is 5.86. The minimum Gasteiger partial charge on any atom is -0.480 e. The van der Waals surface area contributed by atoms with Crippen LogP contribution in [0.1, 0.15) is 26.2 Å². The fourth-order valence-electron chi connectivity index (χ4n) is 1.71. The molecule has 0 unspecified atom stereocenters. The quantitative estimate of drug-likeness (QED) is 0.646. The Bertz CT molecular complexity index is 240. The molecule has 0 aliphatic carbocycles. The standard InChI is InChI=1S/C9H16N2O3/c1-6(10)8(12)11-5-3-2-4-7(11)9(13)14/h6-7H,2-5,10H2,1H3,(H,13,14)/t6-,7+/m0/s1. The number of hydrogen-bond donors (Lipinski definition) is 2. The van der Waals surface area contributed by atoms with E-state index in [0.717, 1.165) is 12.8 Å². The van der Waals surface area contributed by atoms with E-state index in [0.29, 0.717) is 13.0 Å². The number of carbonyl (C=O) groups is 2. The van der Waals surface area contributed by atoms with E-state index in [4.69, 9.17) is 10.8 Å². The van der Waals surface area contributed by atoms with E-state index >= 15 is 0 Å². The average molecular weight is 200 g/mol. The van der Waals surface area contributed by atoms with Gasteiger partial charge in [-0.2, -0.15) is 0 Å². The van der Waals surface area contributed by atoms with Crippen molar-refractivity contribution in [2.24, 2.45) is 5.73 Å². The molecule has 0 radical (unpaired) electrons. The van der Waals surface area contributed by atoms with E-state index in [2.05, 4.69) is 0 Å². The third-order valence-corrected chi connectivity index (χ3v) is 2.46. The number of nitrogens with zero attached hydrogens (tertiary/aromatic N) is 1. The molecular formula is C9H16N2O3. The maximum absolute atomic E-state index is 11.6. The summed E-state index contributed by atoms with van der Waals surface area (Å²) in [6, 6.07) is -1.29. The predicted molar refractivity (Wildman–Crippen MR) is 50.6 cm³/mol. The van der Waals surface area contributed by atoms with Crippen LogP contribution in [0, 0.1) is 0 Å². The predicted octanol–water partition coefficient (Wildman–Crippen LogP) is -0.201. The first kappa shape index (κ1) is 11.0. The molecule has 1 amide bonds. The van der Waals surface area contributed by atoms with Gasteiger partial charge in [0.1, 0.15) is 6.04 Å². The fourth-order valence-corrected chi connectivity index (χ4v) is 1.71. The molecule has 1 rings (SSSR count). The minimum atomic E-state index is -0.932. The molecular weight excluding hydrogens is 184 g/mol. The van der Waals surface area contributed by atoms with E-state index in [9.17, 15) is 9.59 Å². The van der Waals surface area contributed by atoms with Crippen LogP contribution in [0.5, 0.6) is 0 Å². The number of hydrogen-bond acceptors (Lipinski definition) is 3. The summed E-state index contributed by atoms with van der Waals surface area (Å²) in [6.45, 7) is 2.09. The maximum Gasteiger partial charge on any atom is 0.326 e. The second-order valence-corrected chi connectivity index (χ2v) is 3.67. The van der Waals surface area contributed by atoms with Gasteiger partial charge in [-0.25, -0.2) is 4.79 Å². The Morgan fingerprint density at radius 3 is 2.64 bits per heavy atom. The summed E-state index contributed by atoms with van der Waals surface area (Å²) in [7, 11) is 0. The highest BCUT2D eigenvalue weighted by Gasteiger charge is 2.32. The lowest BCUT2D eigenvalue weighted by molar-refractivity contribution is -0.152. The number of likely N-dealkylation sites (tertiary alicyclic amines) is 1. The molecule has 1 heterocycles. The van der Waals surface area contributed by atoms with Crippen LogP contribution in [0.2, 0.25) is 0 Å². The largest absolute Gasteiger partial charge is 0.480 e. The number of nitrogens with two attached hydrogens (primary N) is 1. The van der Waals surface area contributed by atoms with Crippen molar-refractivity contribution in [2.45, 2.75) is 38.3 Å². The number of rotatable bonds is 2. The summed E-state index contributed by atoms with van der Waals surface area (Å²) >= 11 is 0. The van der Waals surface area contributed by atoms with Gasteiger partial charge in [0.05, 0.1) is 6.04 Å². The lowest BCUT2D eigenvalue weighted by Gasteiger charge is -2.33. The fraction of sp³-hybridized carbons (Fsp3) is 0.778. The zero-order valence-electron chi connectivity index (χ0n) is 8.27. The van der Waals surface area contributed by atoms with Gasteiger partial charge in [0.25, 0.3) is 0 Å². The molecule has 0 aromatic heterocycles. The lowest BCUT2D eigenvalue weighted by Crippen LogP contribution is -2.52. The number of aliphatic carboxylic acids is 1. The second-order valence-electron chi connectivity index (χ2n) is 3.67. The van der Waals surface area contributed by atoms with E-state index in [1.165, 1.54) is 4.90 Å². The van der Waals surface area contributed by atoms with Gasteiger partial charge in [-0.05, 0) is 26.2 Å². The Balaban J connectivity index is 2.72. The molecule has 0 bridgehead atoms. The molecule has 1 saturated heterocycles. The van der Waals surface area contributed by atoms with Crippen molar-refractivity contribution in [3.63, 3.8) is 0 Å². The SMILES string of the molecule is C[C@H](N)C(=O)N1CCCC[C@@H]1C(=O)O. The van der Waals surface area contributed by atoms with Gasteiger partial charge in [0.15, 0.2) is 0 Å². The second kappa shape index (κ2) is 4.41. The highest BCUT2D eigenvalue weighted by atomic mass is 16.4. The Morgan fingerprint density at radius 2 is 2.14 bits per heavy atom. The average Bonchev–Trinajstić information content (AvgIpc) is 2.16. The maximum atomic E-state index is 11.6. The molecule has 0 aromatic carbocycles. The first-order chi connectivity index (χ1) is 6.54. The van der Waals surface area contributed by atoms with Crippen molar-refractivity contribution in [3.8, 4) is 0 Å². The molecule has 5 nitrogen and oxygen atoms in total. The van der Waals surface area contributed by atoms with Gasteiger partial charge in [0.2, 0.25) is 5.91 Å². The van der Waals surface area contributed by atoms with Crippen LogP contribution in [-0.4, -0.2) is 40.5 Å². The molecule has 2 atom stereocenters. The molecule has 0 spiro atoms. The van der Waals surface area contributed by atoms with E-state index < -0.39 is 18.1 Å². The summed E-state index contributed by atoms with van der Waals surface area (Å²) in [4.78, 5) is 23.8. The minimum absolute atomic E-state index is 0.267. The van der Waals surface area contributed by atoms with Crippen LogP contribution < -0.4 is 5.73 Å². The molecule has 1 aliphatic heterocycles. The Labute approximate surface area is 82.9 Å². The molecule has 80 valence electrons. The molecule has 14 heavy (non-hydrogen) atoms. The summed E-state index contributed by atoms with van der Waals surface area (Å²) in [6.07, 6.45) is 2.26. The van der Waals surface area contributed by atoms with E-state index in [-0.39, 0.29) is 5.91 Å². The molecule has 0 aromatic rings. The first-order valence-corrected chi connectivity index (χ1v) is 4.83. The molecule has 0 saturated carbocycles. The van der Waals surface area contributed by atoms with Crippen LogP contribution in [-0.2, 0) is 9.59 Å². The van der Waals surface area contributed by atoms with Gasteiger partial charge in [-0.3, -0.25) is 4.79 Å². The molecule has 5 heteroatoms. The van der Waals surface area contributed by atoms with Gasteiger partial charge in [-0.1, -0.05) is 0 Å². The van der Waals surface area contributed by atoms with Gasteiger partial charge >= 0.3 is 5.97 Å². The number of carbonyl (C=O) groups excluding carboxylic acids is 1. The van der Waals surface area contributed by atoms with Crippen molar-refractivity contribution < 1.29 is 14.7 Å². The summed E-state index contributed by atoms with van der Waals surface area (Å²) in [5, 5.41) is 8.90. The molecule has 3 N–H and O–H groups in total. The summed E-state index contributed by atoms with van der Waals surface area (Å²) < 4.78 is 0. The normalized spacial score (nSPS) is 24.4. The number of amides is 1. The third-order valence-electron chi connectivity index (χ3n) is 2.46. The van der Waals surface area contributed by atoms with Gasteiger partial charge < -0.3 is 15.7 Å². The molecule has 1 aliphatic rings. The topological polar surface area (TPSA) is 83.6 Å². The van der Waals surface area contributed by atoms with Crippen LogP contribution in [0.4, 0.5) is 0 Å². The molecule has 1 fully saturated rings. The number of carboxylic acid groups (broad SMARTS) is 1. The Morgan fingerprint density at radius 1 is 1.50 bits per heavy atom. The Hall–Kier alpha value is -1.10. The first-order valence-electron chi connectivity index (χ1n) is 4.83. The summed E-state index contributed by atoms with van der Waals surface area (Å²) in [5.74, 6) is -1.20. The lowest BCUT2D eigenvalue weighted by atomic mass is 10.0. The van der Waals surface area contributed by atoms with Crippen LogP contribution in [0.25, 0.3) is 0 Å². The smallest absolute Gasteiger partial charge is 0.326 e. The van der Waals surface area contributed by atoms with Gasteiger partial charge in [0, 0.05) is 6.54 Å². The van der Waals surface area contributed by atoms with Crippen LogP contribution >= 0.6 is 0 Å². The van der Waals surface area contributed by atoms with Crippen LogP contribution in [0.15, 0.2) is 0 Å². The van der Waals surface area contributed by atoms with E-state index in [1.807, 2.05) is 0 Å². The van der Waals surface area contributed by atoms with Crippen molar-refractivity contribution in [2.75, 3.05) is 6.54 Å².